The van der Waals surface area contributed by atoms with Crippen molar-refractivity contribution >= 4 is 29.4 Å². The third-order valence-electron chi connectivity index (χ3n) is 3.85. The van der Waals surface area contributed by atoms with Gasteiger partial charge in [-0.05, 0) is 17.7 Å². The van der Waals surface area contributed by atoms with Crippen molar-refractivity contribution in [3.63, 3.8) is 0 Å². The molecule has 0 spiro atoms. The third kappa shape index (κ3) is 7.86. The van der Waals surface area contributed by atoms with Crippen LogP contribution in [0.5, 0.6) is 6.01 Å². The first-order valence-corrected chi connectivity index (χ1v) is 9.43. The number of ether oxygens (including phenoxy) is 2. The number of alkyl halides is 3. The monoisotopic (exact) mass is 455 g/mol. The maximum Gasteiger partial charge on any atom is 0.422 e. The second-order valence-corrected chi connectivity index (χ2v) is 6.54. The molecule has 0 aliphatic carbocycles. The van der Waals surface area contributed by atoms with Crippen LogP contribution in [0.3, 0.4) is 0 Å². The molecule has 2 heterocycles. The van der Waals surface area contributed by atoms with Gasteiger partial charge in [0.1, 0.15) is 13.2 Å². The number of anilines is 3. The van der Waals surface area contributed by atoms with Gasteiger partial charge in [0.05, 0.1) is 0 Å². The van der Waals surface area contributed by atoms with E-state index in [0.29, 0.717) is 5.69 Å². The number of nitrogens with zero attached hydrogens (tertiary/aromatic N) is 3. The highest BCUT2D eigenvalue weighted by Crippen LogP contribution is 2.20. The average molecular weight is 455 g/mol. The van der Waals surface area contributed by atoms with Crippen molar-refractivity contribution in [3.8, 4) is 6.01 Å². The van der Waals surface area contributed by atoms with Gasteiger partial charge in [0, 0.05) is 25.3 Å². The van der Waals surface area contributed by atoms with Crippen LogP contribution in [0.2, 0.25) is 0 Å². The molecule has 1 aromatic carbocycles. The van der Waals surface area contributed by atoms with Crippen LogP contribution in [0.25, 0.3) is 0 Å². The molecule has 4 bridgehead atoms. The Morgan fingerprint density at radius 3 is 2.47 bits per heavy atom. The highest BCUT2D eigenvalue weighted by atomic mass is 19.4. The number of amides is 2. The first kappa shape index (κ1) is 23.0. The van der Waals surface area contributed by atoms with E-state index in [9.17, 15) is 22.8 Å². The van der Waals surface area contributed by atoms with Crippen molar-refractivity contribution in [2.45, 2.75) is 12.7 Å². The van der Waals surface area contributed by atoms with Crippen LogP contribution in [-0.2, 0) is 20.9 Å². The Morgan fingerprint density at radius 1 is 0.969 bits per heavy atom. The van der Waals surface area contributed by atoms with Crippen molar-refractivity contribution in [1.82, 2.24) is 25.6 Å². The molecule has 2 aromatic rings. The lowest BCUT2D eigenvalue weighted by molar-refractivity contribution is -0.154. The number of benzene rings is 1. The summed E-state index contributed by atoms with van der Waals surface area (Å²) in [5, 5.41) is 10.9. The van der Waals surface area contributed by atoms with Gasteiger partial charge in [-0.1, -0.05) is 12.1 Å². The number of rotatable bonds is 2. The Labute approximate surface area is 180 Å². The van der Waals surface area contributed by atoms with Gasteiger partial charge in [-0.15, -0.1) is 0 Å². The fraction of sp³-hybridized carbons (Fsp3) is 0.389. The van der Waals surface area contributed by atoms with Gasteiger partial charge in [-0.3, -0.25) is 9.59 Å². The van der Waals surface area contributed by atoms with E-state index in [1.807, 2.05) is 0 Å². The summed E-state index contributed by atoms with van der Waals surface area (Å²) in [6.45, 7) is -1.66. The van der Waals surface area contributed by atoms with Crippen LogP contribution in [-0.4, -0.2) is 65.9 Å². The Hall–Kier alpha value is -3.68. The van der Waals surface area contributed by atoms with Gasteiger partial charge in [-0.25, -0.2) is 0 Å². The van der Waals surface area contributed by atoms with E-state index in [1.165, 1.54) is 0 Å². The highest BCUT2D eigenvalue weighted by Gasteiger charge is 2.29. The number of aromatic nitrogens is 3. The molecule has 32 heavy (non-hydrogen) atoms. The van der Waals surface area contributed by atoms with E-state index in [4.69, 9.17) is 4.74 Å². The van der Waals surface area contributed by atoms with E-state index in [2.05, 4.69) is 41.0 Å². The molecule has 14 heteroatoms. The fourth-order valence-electron chi connectivity index (χ4n) is 2.51. The average Bonchev–Trinajstić information content (AvgIpc) is 2.73. The Bertz CT molecular complexity index is 958. The molecule has 4 N–H and O–H groups in total. The van der Waals surface area contributed by atoms with Crippen LogP contribution in [0.15, 0.2) is 24.3 Å². The molecule has 0 unspecified atom stereocenters. The minimum Gasteiger partial charge on any atom is -0.454 e. The largest absolute Gasteiger partial charge is 0.454 e. The number of hydrogen-bond donors (Lipinski definition) is 4. The Balaban J connectivity index is 1.82. The van der Waals surface area contributed by atoms with Crippen molar-refractivity contribution in [2.24, 2.45) is 0 Å². The molecule has 0 radical (unpaired) electrons. The van der Waals surface area contributed by atoms with Crippen molar-refractivity contribution in [2.75, 3.05) is 43.5 Å². The summed E-state index contributed by atoms with van der Waals surface area (Å²) in [4.78, 5) is 35.4. The van der Waals surface area contributed by atoms with Gasteiger partial charge in [0.15, 0.2) is 6.61 Å². The quantitative estimate of drug-likeness (QED) is 0.516. The number of hydrogen-bond acceptors (Lipinski definition) is 9. The predicted molar refractivity (Wildman–Crippen MR) is 105 cm³/mol. The van der Waals surface area contributed by atoms with E-state index in [0.717, 1.165) is 5.56 Å². The van der Waals surface area contributed by atoms with Crippen molar-refractivity contribution < 1.29 is 32.2 Å². The molecular weight excluding hydrogens is 435 g/mol. The standard InChI is InChI=1S/C18H20F3N7O4/c19-18(20,21)10-32-17-27-15-23-5-4-22-13(29)8-31-9-14(30)24-7-11-2-1-3-12(6-11)25-16(26-15)28-17/h1-3,6H,4-5,7-10H2,(H,22,29)(H,24,30)(H2,23,25,26,27,28). The minimum atomic E-state index is -4.57. The van der Waals surface area contributed by atoms with Crippen molar-refractivity contribution in [1.29, 1.82) is 0 Å². The minimum absolute atomic E-state index is 0.0466. The van der Waals surface area contributed by atoms with E-state index >= 15 is 0 Å². The van der Waals surface area contributed by atoms with E-state index in [1.54, 1.807) is 24.3 Å². The second kappa shape index (κ2) is 10.6. The number of carbonyl (C=O) groups is 2. The Kier molecular flexibility index (Phi) is 7.59. The number of halogens is 3. The summed E-state index contributed by atoms with van der Waals surface area (Å²) in [6, 6.07) is 6.33. The molecule has 3 rings (SSSR count). The molecular formula is C18H20F3N7O4. The zero-order chi connectivity index (χ0) is 23.0. The molecule has 0 fully saturated rings. The van der Waals surface area contributed by atoms with E-state index < -0.39 is 30.6 Å². The Morgan fingerprint density at radius 2 is 1.69 bits per heavy atom. The van der Waals surface area contributed by atoms with Crippen LogP contribution >= 0.6 is 0 Å². The number of nitrogens with one attached hydrogen (secondary N) is 4. The topological polar surface area (TPSA) is 139 Å². The van der Waals surface area contributed by atoms with Gasteiger partial charge in [-0.2, -0.15) is 28.1 Å². The normalized spacial score (nSPS) is 15.8. The third-order valence-corrected chi connectivity index (χ3v) is 3.85. The lowest BCUT2D eigenvalue weighted by atomic mass is 10.2. The van der Waals surface area contributed by atoms with Gasteiger partial charge >= 0.3 is 12.2 Å². The summed E-state index contributed by atoms with van der Waals surface area (Å²) in [6.07, 6.45) is -4.57. The zero-order valence-electron chi connectivity index (χ0n) is 16.7. The first-order valence-electron chi connectivity index (χ1n) is 9.43. The molecule has 1 aromatic heterocycles. The molecule has 11 nitrogen and oxygen atoms in total. The predicted octanol–water partition coefficient (Wildman–Crippen LogP) is 0.731. The summed E-state index contributed by atoms with van der Waals surface area (Å²) < 4.78 is 47.3. The molecule has 1 aliphatic rings. The van der Waals surface area contributed by atoms with Crippen LogP contribution in [0.4, 0.5) is 30.8 Å². The number of carbonyl (C=O) groups excluding carboxylic acids is 2. The molecule has 2 amide bonds. The smallest absolute Gasteiger partial charge is 0.422 e. The summed E-state index contributed by atoms with van der Waals surface area (Å²) in [7, 11) is 0. The maximum atomic E-state index is 12.5. The van der Waals surface area contributed by atoms with Crippen LogP contribution in [0.1, 0.15) is 5.56 Å². The fourth-order valence-corrected chi connectivity index (χ4v) is 2.51. The maximum absolute atomic E-state index is 12.5. The van der Waals surface area contributed by atoms with Gasteiger partial charge in [0.25, 0.3) is 0 Å². The number of fused-ring (bicyclic) bond motifs is 4. The summed E-state index contributed by atoms with van der Waals surface area (Å²) in [5.41, 5.74) is 1.25. The highest BCUT2D eigenvalue weighted by molar-refractivity contribution is 5.79. The van der Waals surface area contributed by atoms with Crippen LogP contribution < -0.4 is 26.0 Å². The second-order valence-electron chi connectivity index (χ2n) is 6.54. The lowest BCUT2D eigenvalue weighted by Crippen LogP contribution is -2.34. The zero-order valence-corrected chi connectivity index (χ0v) is 16.7. The van der Waals surface area contributed by atoms with Gasteiger partial charge < -0.3 is 30.7 Å². The summed E-state index contributed by atoms with van der Waals surface area (Å²) in [5.74, 6) is -0.942. The first-order chi connectivity index (χ1) is 15.3. The molecule has 1 aliphatic heterocycles. The molecule has 0 saturated carbocycles. The van der Waals surface area contributed by atoms with Gasteiger partial charge in [0.2, 0.25) is 23.7 Å². The van der Waals surface area contributed by atoms with Crippen molar-refractivity contribution in [3.05, 3.63) is 29.8 Å². The molecule has 172 valence electrons. The van der Waals surface area contributed by atoms with E-state index in [-0.39, 0.29) is 44.7 Å². The molecule has 0 atom stereocenters. The SMILES string of the molecule is O=C1COCC(=O)NCc2cccc(c2)Nc2nc(nc(OCC(F)(F)F)n2)NCCN1. The lowest BCUT2D eigenvalue weighted by Gasteiger charge is -2.13. The van der Waals surface area contributed by atoms with Crippen LogP contribution in [0, 0.1) is 0 Å². The molecule has 0 saturated heterocycles. The summed E-state index contributed by atoms with van der Waals surface area (Å²) >= 11 is 0.